The van der Waals surface area contributed by atoms with E-state index in [0.717, 1.165) is 23.8 Å². The van der Waals surface area contributed by atoms with E-state index in [2.05, 4.69) is 11.0 Å². The van der Waals surface area contributed by atoms with Crippen LogP contribution in [-0.4, -0.2) is 55.2 Å². The number of carbonyl (C=O) groups is 1. The maximum atomic E-state index is 13.1. The smallest absolute Gasteiger partial charge is 0.243 e. The second-order valence-electron chi connectivity index (χ2n) is 7.60. The van der Waals surface area contributed by atoms with Crippen LogP contribution in [0, 0.1) is 5.41 Å². The number of ether oxygens (including phenoxy) is 1. The fourth-order valence-corrected chi connectivity index (χ4v) is 4.11. The molecule has 1 amide bonds. The molecule has 1 aromatic rings. The lowest BCUT2D eigenvalue weighted by atomic mass is 9.54. The lowest BCUT2D eigenvalue weighted by Crippen LogP contribution is -2.76. The van der Waals surface area contributed by atoms with Gasteiger partial charge in [-0.3, -0.25) is 4.79 Å². The summed E-state index contributed by atoms with van der Waals surface area (Å²) in [5.41, 5.74) is 6.47. The second kappa shape index (κ2) is 6.78. The van der Waals surface area contributed by atoms with Crippen molar-refractivity contribution in [3.63, 3.8) is 0 Å². The van der Waals surface area contributed by atoms with E-state index in [1.54, 1.807) is 0 Å². The Hall–Kier alpha value is -1.30. The first-order valence-electron chi connectivity index (χ1n) is 9.00. The minimum Gasteiger partial charge on any atom is -0.378 e. The van der Waals surface area contributed by atoms with Crippen LogP contribution in [0.2, 0.25) is 5.02 Å². The highest BCUT2D eigenvalue weighted by atomic mass is 35.5. The highest BCUT2D eigenvalue weighted by molar-refractivity contribution is 6.30. The van der Waals surface area contributed by atoms with Crippen molar-refractivity contribution in [2.75, 3.05) is 37.7 Å². The molecule has 6 heteroatoms. The van der Waals surface area contributed by atoms with Crippen LogP contribution in [0.5, 0.6) is 0 Å². The average Bonchev–Trinajstić information content (AvgIpc) is 2.61. The molecule has 2 fully saturated rings. The van der Waals surface area contributed by atoms with Gasteiger partial charge in [0.2, 0.25) is 5.91 Å². The zero-order valence-corrected chi connectivity index (χ0v) is 16.1. The molecule has 2 aliphatic rings. The molecule has 2 atom stereocenters. The van der Waals surface area contributed by atoms with Crippen molar-refractivity contribution in [1.82, 2.24) is 4.90 Å². The van der Waals surface area contributed by atoms with Gasteiger partial charge in [-0.15, -0.1) is 0 Å². The summed E-state index contributed by atoms with van der Waals surface area (Å²) >= 11 is 6.08. The minimum absolute atomic E-state index is 0.0548. The van der Waals surface area contributed by atoms with E-state index in [-0.39, 0.29) is 17.4 Å². The van der Waals surface area contributed by atoms with E-state index >= 15 is 0 Å². The Labute approximate surface area is 155 Å². The molecule has 0 spiro atoms. The summed E-state index contributed by atoms with van der Waals surface area (Å²) in [4.78, 5) is 17.2. The van der Waals surface area contributed by atoms with E-state index in [0.29, 0.717) is 26.1 Å². The summed E-state index contributed by atoms with van der Waals surface area (Å²) in [6.45, 7) is 9.64. The largest absolute Gasteiger partial charge is 0.378 e. The van der Waals surface area contributed by atoms with Gasteiger partial charge in [0.15, 0.2) is 0 Å². The van der Waals surface area contributed by atoms with Crippen molar-refractivity contribution in [1.29, 1.82) is 0 Å². The van der Waals surface area contributed by atoms with Gasteiger partial charge in [0.1, 0.15) is 5.54 Å². The number of piperazine rings is 1. The molecule has 0 radical (unpaired) electrons. The first-order chi connectivity index (χ1) is 11.8. The molecular weight excluding hydrogens is 338 g/mol. The number of nitrogens with two attached hydrogens (primary N) is 1. The zero-order valence-electron chi connectivity index (χ0n) is 15.3. The van der Waals surface area contributed by atoms with Gasteiger partial charge in [-0.05, 0) is 25.1 Å². The van der Waals surface area contributed by atoms with Crippen LogP contribution in [0.3, 0.4) is 0 Å². The van der Waals surface area contributed by atoms with Gasteiger partial charge in [0.05, 0.1) is 6.10 Å². The number of anilines is 1. The second-order valence-corrected chi connectivity index (χ2v) is 8.04. The number of hydrogen-bond donors (Lipinski definition) is 1. The van der Waals surface area contributed by atoms with Gasteiger partial charge >= 0.3 is 0 Å². The number of benzene rings is 1. The molecule has 1 saturated heterocycles. The van der Waals surface area contributed by atoms with Gasteiger partial charge in [-0.25, -0.2) is 0 Å². The van der Waals surface area contributed by atoms with Crippen LogP contribution < -0.4 is 10.6 Å². The summed E-state index contributed by atoms with van der Waals surface area (Å²) < 4.78 is 5.74. The molecule has 138 valence electrons. The van der Waals surface area contributed by atoms with Gasteiger partial charge in [0, 0.05) is 55.3 Å². The van der Waals surface area contributed by atoms with Crippen molar-refractivity contribution < 1.29 is 9.53 Å². The highest BCUT2D eigenvalue weighted by Gasteiger charge is 2.63. The van der Waals surface area contributed by atoms with Crippen molar-refractivity contribution in [2.24, 2.45) is 11.1 Å². The fraction of sp³-hybridized carbons (Fsp3) is 0.632. The number of hydrogen-bond acceptors (Lipinski definition) is 4. The number of carbonyl (C=O) groups excluding carboxylic acids is 1. The Morgan fingerprint density at radius 2 is 2.00 bits per heavy atom. The summed E-state index contributed by atoms with van der Waals surface area (Å²) in [6, 6.07) is 7.84. The van der Waals surface area contributed by atoms with Gasteiger partial charge < -0.3 is 20.3 Å². The quantitative estimate of drug-likeness (QED) is 0.890. The molecule has 0 bridgehead atoms. The zero-order chi connectivity index (χ0) is 18.2. The summed E-state index contributed by atoms with van der Waals surface area (Å²) in [5.74, 6) is 0.0548. The van der Waals surface area contributed by atoms with E-state index in [1.807, 2.05) is 43.9 Å². The van der Waals surface area contributed by atoms with Crippen LogP contribution in [0.1, 0.15) is 27.2 Å². The third-order valence-electron chi connectivity index (χ3n) is 5.95. The monoisotopic (exact) mass is 365 g/mol. The standard InChI is InChI=1S/C19H28ClN3O2/c1-4-25-16-13-19(21,18(16,2)3)17(24)23-10-8-22(9-11-23)15-7-5-6-14(20)12-15/h5-7,12,16H,4,8-11,13,21H2,1-3H3. The topological polar surface area (TPSA) is 58.8 Å². The molecule has 5 nitrogen and oxygen atoms in total. The SMILES string of the molecule is CCOC1CC(N)(C(=O)N2CCN(c3cccc(Cl)c3)CC2)C1(C)C. The van der Waals surface area contributed by atoms with Crippen LogP contribution >= 0.6 is 11.6 Å². The Kier molecular flexibility index (Phi) is 5.02. The summed E-state index contributed by atoms with van der Waals surface area (Å²) in [6.07, 6.45) is 0.653. The first-order valence-corrected chi connectivity index (χ1v) is 9.38. The van der Waals surface area contributed by atoms with Gasteiger partial charge in [-0.2, -0.15) is 0 Å². The normalized spacial score (nSPS) is 28.6. The first kappa shape index (κ1) is 18.5. The molecule has 0 aromatic heterocycles. The van der Waals surface area contributed by atoms with E-state index < -0.39 is 5.54 Å². The average molecular weight is 366 g/mol. The van der Waals surface area contributed by atoms with Gasteiger partial charge in [0.25, 0.3) is 0 Å². The molecule has 25 heavy (non-hydrogen) atoms. The predicted octanol–water partition coefficient (Wildman–Crippen LogP) is 2.52. The van der Waals surface area contributed by atoms with Crippen molar-refractivity contribution in [2.45, 2.75) is 38.8 Å². The van der Waals surface area contributed by atoms with E-state index in [9.17, 15) is 4.79 Å². The molecule has 2 unspecified atom stereocenters. The molecule has 3 rings (SSSR count). The van der Waals surface area contributed by atoms with Crippen molar-refractivity contribution in [3.05, 3.63) is 29.3 Å². The van der Waals surface area contributed by atoms with Crippen LogP contribution in [0.15, 0.2) is 24.3 Å². The number of amides is 1. The number of rotatable bonds is 4. The maximum Gasteiger partial charge on any atom is 0.243 e. The lowest BCUT2D eigenvalue weighted by molar-refractivity contribution is -0.179. The third-order valence-corrected chi connectivity index (χ3v) is 6.19. The molecule has 1 aliphatic carbocycles. The predicted molar refractivity (Wildman–Crippen MR) is 101 cm³/mol. The van der Waals surface area contributed by atoms with Crippen molar-refractivity contribution in [3.8, 4) is 0 Å². The molecule has 1 aliphatic heterocycles. The van der Waals surface area contributed by atoms with E-state index in [1.165, 1.54) is 0 Å². The van der Waals surface area contributed by atoms with Crippen LogP contribution in [0.4, 0.5) is 5.69 Å². The Balaban J connectivity index is 1.62. The fourth-order valence-electron chi connectivity index (χ4n) is 3.92. The molecule has 2 N–H and O–H groups in total. The lowest BCUT2D eigenvalue weighted by Gasteiger charge is -2.59. The Bertz CT molecular complexity index is 643. The molecule has 1 saturated carbocycles. The van der Waals surface area contributed by atoms with E-state index in [4.69, 9.17) is 22.1 Å². The van der Waals surface area contributed by atoms with Crippen LogP contribution in [0.25, 0.3) is 0 Å². The number of halogens is 1. The number of nitrogens with zero attached hydrogens (tertiary/aromatic N) is 2. The molecule has 1 aromatic carbocycles. The van der Waals surface area contributed by atoms with Gasteiger partial charge in [-0.1, -0.05) is 31.5 Å². The highest BCUT2D eigenvalue weighted by Crippen LogP contribution is 2.50. The van der Waals surface area contributed by atoms with Crippen LogP contribution in [-0.2, 0) is 9.53 Å². The molecule has 1 heterocycles. The Morgan fingerprint density at radius 3 is 2.56 bits per heavy atom. The molecular formula is C19H28ClN3O2. The van der Waals surface area contributed by atoms with Crippen molar-refractivity contribution >= 4 is 23.2 Å². The summed E-state index contributed by atoms with van der Waals surface area (Å²) in [7, 11) is 0. The minimum atomic E-state index is -0.828. The third kappa shape index (κ3) is 3.14. The summed E-state index contributed by atoms with van der Waals surface area (Å²) in [5, 5.41) is 0.732. The Morgan fingerprint density at radius 1 is 1.32 bits per heavy atom. The maximum absolute atomic E-state index is 13.1.